The second kappa shape index (κ2) is 6.35. The molecule has 0 bridgehead atoms. The van der Waals surface area contributed by atoms with Crippen LogP contribution >= 0.6 is 0 Å². The first-order chi connectivity index (χ1) is 9.83. The Bertz CT molecular complexity index is 438. The molecular formula is C16H23N3O. The SMILES string of the molecule is O=C(Cc1ccccn1)N(CC1CCCCN1)C1CC1. The van der Waals surface area contributed by atoms with Crippen LogP contribution in [0.25, 0.3) is 0 Å². The van der Waals surface area contributed by atoms with Crippen molar-refractivity contribution < 1.29 is 4.79 Å². The Morgan fingerprint density at radius 3 is 2.85 bits per heavy atom. The van der Waals surface area contributed by atoms with E-state index in [1.165, 1.54) is 32.1 Å². The van der Waals surface area contributed by atoms with Crippen LogP contribution < -0.4 is 5.32 Å². The summed E-state index contributed by atoms with van der Waals surface area (Å²) < 4.78 is 0. The van der Waals surface area contributed by atoms with Crippen LogP contribution in [0.1, 0.15) is 37.8 Å². The lowest BCUT2D eigenvalue weighted by Crippen LogP contribution is -2.47. The number of nitrogens with zero attached hydrogens (tertiary/aromatic N) is 2. The second-order valence-corrected chi connectivity index (χ2v) is 5.92. The number of rotatable bonds is 5. The Hall–Kier alpha value is -1.42. The molecule has 2 aliphatic rings. The highest BCUT2D eigenvalue weighted by molar-refractivity contribution is 5.79. The van der Waals surface area contributed by atoms with Crippen LogP contribution in [-0.4, -0.2) is 41.0 Å². The summed E-state index contributed by atoms with van der Waals surface area (Å²) in [6, 6.07) is 6.73. The fraction of sp³-hybridized carbons (Fsp3) is 0.625. The third-order valence-corrected chi connectivity index (χ3v) is 4.20. The molecule has 1 aromatic rings. The minimum absolute atomic E-state index is 0.235. The Kier molecular flexibility index (Phi) is 4.31. The van der Waals surface area contributed by atoms with Gasteiger partial charge in [-0.05, 0) is 44.4 Å². The van der Waals surface area contributed by atoms with Gasteiger partial charge >= 0.3 is 0 Å². The maximum atomic E-state index is 12.5. The molecule has 2 heterocycles. The van der Waals surface area contributed by atoms with E-state index >= 15 is 0 Å². The number of aromatic nitrogens is 1. The highest BCUT2D eigenvalue weighted by Gasteiger charge is 2.34. The van der Waals surface area contributed by atoms with E-state index in [9.17, 15) is 4.79 Å². The van der Waals surface area contributed by atoms with Crippen LogP contribution in [0.4, 0.5) is 0 Å². The zero-order valence-corrected chi connectivity index (χ0v) is 11.9. The Morgan fingerprint density at radius 2 is 2.20 bits per heavy atom. The van der Waals surface area contributed by atoms with Gasteiger partial charge in [0.1, 0.15) is 0 Å². The summed E-state index contributed by atoms with van der Waals surface area (Å²) in [5.74, 6) is 0.235. The number of hydrogen-bond donors (Lipinski definition) is 1. The van der Waals surface area contributed by atoms with Gasteiger partial charge in [-0.25, -0.2) is 0 Å². The van der Waals surface area contributed by atoms with E-state index in [0.717, 1.165) is 18.8 Å². The van der Waals surface area contributed by atoms with Crippen molar-refractivity contribution in [3.63, 3.8) is 0 Å². The lowest BCUT2D eigenvalue weighted by molar-refractivity contribution is -0.131. The molecule has 1 atom stereocenters. The predicted molar refractivity (Wildman–Crippen MR) is 78.3 cm³/mol. The quantitative estimate of drug-likeness (QED) is 0.889. The van der Waals surface area contributed by atoms with Gasteiger partial charge in [0, 0.05) is 30.5 Å². The standard InChI is InChI=1S/C16H23N3O/c20-16(11-13-5-1-3-9-17-13)19(15-7-8-15)12-14-6-2-4-10-18-14/h1,3,5,9,14-15,18H,2,4,6-8,10-12H2. The van der Waals surface area contributed by atoms with E-state index in [0.29, 0.717) is 18.5 Å². The molecule has 1 N–H and O–H groups in total. The zero-order chi connectivity index (χ0) is 13.8. The first-order valence-corrected chi connectivity index (χ1v) is 7.75. The summed E-state index contributed by atoms with van der Waals surface area (Å²) in [5, 5.41) is 3.54. The van der Waals surface area contributed by atoms with E-state index in [2.05, 4.69) is 15.2 Å². The Labute approximate surface area is 120 Å². The van der Waals surface area contributed by atoms with Gasteiger partial charge in [-0.1, -0.05) is 12.5 Å². The third kappa shape index (κ3) is 3.57. The second-order valence-electron chi connectivity index (χ2n) is 5.92. The topological polar surface area (TPSA) is 45.2 Å². The summed E-state index contributed by atoms with van der Waals surface area (Å²) in [6.07, 6.45) is 8.27. The predicted octanol–water partition coefficient (Wildman–Crippen LogP) is 1.76. The molecule has 0 aromatic carbocycles. The summed E-state index contributed by atoms with van der Waals surface area (Å²) in [6.45, 7) is 1.97. The molecule has 20 heavy (non-hydrogen) atoms. The molecule has 1 unspecified atom stereocenters. The lowest BCUT2D eigenvalue weighted by Gasteiger charge is -2.30. The molecule has 1 saturated carbocycles. The molecule has 1 aliphatic carbocycles. The third-order valence-electron chi connectivity index (χ3n) is 4.20. The van der Waals surface area contributed by atoms with Crippen LogP contribution in [-0.2, 0) is 11.2 Å². The molecule has 4 heteroatoms. The Balaban J connectivity index is 1.59. The molecule has 3 rings (SSSR count). The number of pyridine rings is 1. The minimum Gasteiger partial charge on any atom is -0.338 e. The lowest BCUT2D eigenvalue weighted by atomic mass is 10.0. The largest absolute Gasteiger partial charge is 0.338 e. The number of nitrogens with one attached hydrogen (secondary N) is 1. The normalized spacial score (nSPS) is 22.5. The van der Waals surface area contributed by atoms with E-state index in [-0.39, 0.29) is 5.91 Å². The fourth-order valence-electron chi connectivity index (χ4n) is 2.92. The van der Waals surface area contributed by atoms with Crippen molar-refractivity contribution in [3.8, 4) is 0 Å². The molecule has 1 saturated heterocycles. The van der Waals surface area contributed by atoms with Crippen LogP contribution in [0.15, 0.2) is 24.4 Å². The molecule has 108 valence electrons. The van der Waals surface area contributed by atoms with Gasteiger partial charge in [0.25, 0.3) is 0 Å². The molecule has 2 fully saturated rings. The van der Waals surface area contributed by atoms with Gasteiger partial charge in [0.05, 0.1) is 6.42 Å². The van der Waals surface area contributed by atoms with Crippen LogP contribution in [0, 0.1) is 0 Å². The van der Waals surface area contributed by atoms with Crippen molar-refractivity contribution in [2.45, 2.75) is 50.6 Å². The van der Waals surface area contributed by atoms with E-state index in [4.69, 9.17) is 0 Å². The van der Waals surface area contributed by atoms with E-state index in [1.54, 1.807) is 6.20 Å². The minimum atomic E-state index is 0.235. The van der Waals surface area contributed by atoms with E-state index < -0.39 is 0 Å². The molecule has 0 spiro atoms. The molecule has 1 aliphatic heterocycles. The van der Waals surface area contributed by atoms with Gasteiger partial charge < -0.3 is 10.2 Å². The fourth-order valence-corrected chi connectivity index (χ4v) is 2.92. The van der Waals surface area contributed by atoms with Gasteiger partial charge in [-0.15, -0.1) is 0 Å². The van der Waals surface area contributed by atoms with Crippen molar-refractivity contribution in [2.75, 3.05) is 13.1 Å². The van der Waals surface area contributed by atoms with Crippen LogP contribution in [0.3, 0.4) is 0 Å². The summed E-state index contributed by atoms with van der Waals surface area (Å²) in [4.78, 5) is 18.9. The van der Waals surface area contributed by atoms with Crippen molar-refractivity contribution in [2.24, 2.45) is 0 Å². The molecule has 4 nitrogen and oxygen atoms in total. The highest BCUT2D eigenvalue weighted by Crippen LogP contribution is 2.28. The maximum absolute atomic E-state index is 12.5. The number of carbonyl (C=O) groups excluding carboxylic acids is 1. The number of carbonyl (C=O) groups is 1. The molecular weight excluding hydrogens is 250 g/mol. The molecule has 1 amide bonds. The number of piperidine rings is 1. The molecule has 0 radical (unpaired) electrons. The van der Waals surface area contributed by atoms with Gasteiger partial charge in [-0.2, -0.15) is 0 Å². The van der Waals surface area contributed by atoms with Gasteiger partial charge in [-0.3, -0.25) is 9.78 Å². The highest BCUT2D eigenvalue weighted by atomic mass is 16.2. The average Bonchev–Trinajstić information content (AvgIpc) is 3.31. The first kappa shape index (κ1) is 13.6. The molecule has 1 aromatic heterocycles. The number of hydrogen-bond acceptors (Lipinski definition) is 3. The summed E-state index contributed by atoms with van der Waals surface area (Å²) >= 11 is 0. The Morgan fingerprint density at radius 1 is 1.30 bits per heavy atom. The van der Waals surface area contributed by atoms with Gasteiger partial charge in [0.2, 0.25) is 5.91 Å². The summed E-state index contributed by atoms with van der Waals surface area (Å²) in [5.41, 5.74) is 0.875. The maximum Gasteiger partial charge on any atom is 0.228 e. The monoisotopic (exact) mass is 273 g/mol. The van der Waals surface area contributed by atoms with E-state index in [1.807, 2.05) is 18.2 Å². The average molecular weight is 273 g/mol. The van der Waals surface area contributed by atoms with Crippen molar-refractivity contribution in [1.29, 1.82) is 0 Å². The number of amides is 1. The van der Waals surface area contributed by atoms with Crippen LogP contribution in [0.2, 0.25) is 0 Å². The van der Waals surface area contributed by atoms with Crippen molar-refractivity contribution in [3.05, 3.63) is 30.1 Å². The van der Waals surface area contributed by atoms with Crippen molar-refractivity contribution in [1.82, 2.24) is 15.2 Å². The van der Waals surface area contributed by atoms with Crippen LogP contribution in [0.5, 0.6) is 0 Å². The zero-order valence-electron chi connectivity index (χ0n) is 11.9. The summed E-state index contributed by atoms with van der Waals surface area (Å²) in [7, 11) is 0. The smallest absolute Gasteiger partial charge is 0.228 e. The van der Waals surface area contributed by atoms with Gasteiger partial charge in [0.15, 0.2) is 0 Å². The van der Waals surface area contributed by atoms with Crippen molar-refractivity contribution >= 4 is 5.91 Å². The first-order valence-electron chi connectivity index (χ1n) is 7.75.